The molecule has 24 heavy (non-hydrogen) atoms. The van der Waals surface area contributed by atoms with E-state index in [1.807, 2.05) is 20.0 Å². The number of halogens is 1. The highest BCUT2D eigenvalue weighted by molar-refractivity contribution is 5.81. The fourth-order valence-corrected chi connectivity index (χ4v) is 2.81. The van der Waals surface area contributed by atoms with Crippen molar-refractivity contribution in [3.05, 3.63) is 35.6 Å². The summed E-state index contributed by atoms with van der Waals surface area (Å²) in [4.78, 5) is 18.7. The Morgan fingerprint density at radius 1 is 1.33 bits per heavy atom. The fraction of sp³-hybridized carbons (Fsp3) is 0.611. The maximum Gasteiger partial charge on any atom is 0.239 e. The zero-order chi connectivity index (χ0) is 17.5. The quantitative estimate of drug-likeness (QED) is 0.754. The molecule has 0 spiro atoms. The zero-order valence-corrected chi connectivity index (χ0v) is 14.9. The van der Waals surface area contributed by atoms with Gasteiger partial charge in [0.1, 0.15) is 5.82 Å². The van der Waals surface area contributed by atoms with Crippen molar-refractivity contribution in [3.8, 4) is 0 Å². The number of nitrogens with zero attached hydrogens (tertiary/aromatic N) is 3. The van der Waals surface area contributed by atoms with Crippen LogP contribution in [0.2, 0.25) is 0 Å². The van der Waals surface area contributed by atoms with Crippen LogP contribution in [0.25, 0.3) is 0 Å². The number of amides is 1. The summed E-state index contributed by atoms with van der Waals surface area (Å²) in [6, 6.07) is 6.18. The van der Waals surface area contributed by atoms with Crippen LogP contribution in [0.3, 0.4) is 0 Å². The van der Waals surface area contributed by atoms with E-state index in [1.165, 1.54) is 12.1 Å². The van der Waals surface area contributed by atoms with E-state index in [0.717, 1.165) is 45.0 Å². The Bertz CT molecular complexity index is 535. The standard InChI is InChI=1S/C18H28FN3O2/c1-15(20(2)7-8-22-9-11-24-12-10-22)18(23)21(3)14-16-5-4-6-17(19)13-16/h4-6,13,15H,7-12,14H2,1-3H3/t15-/m1/s1. The summed E-state index contributed by atoms with van der Waals surface area (Å²) in [6.07, 6.45) is 0. The van der Waals surface area contributed by atoms with Gasteiger partial charge in [-0.2, -0.15) is 0 Å². The molecule has 1 aromatic carbocycles. The molecule has 1 heterocycles. The number of hydrogen-bond donors (Lipinski definition) is 0. The van der Waals surface area contributed by atoms with Gasteiger partial charge in [-0.15, -0.1) is 0 Å². The van der Waals surface area contributed by atoms with Crippen LogP contribution in [0.4, 0.5) is 4.39 Å². The van der Waals surface area contributed by atoms with E-state index in [2.05, 4.69) is 9.80 Å². The topological polar surface area (TPSA) is 36.0 Å². The first-order chi connectivity index (χ1) is 11.5. The number of morpholine rings is 1. The van der Waals surface area contributed by atoms with Crippen molar-refractivity contribution in [1.82, 2.24) is 14.7 Å². The third-order valence-electron chi connectivity index (χ3n) is 4.58. The van der Waals surface area contributed by atoms with Crippen molar-refractivity contribution in [3.63, 3.8) is 0 Å². The SMILES string of the molecule is C[C@H](C(=O)N(C)Cc1cccc(F)c1)N(C)CCN1CCOCC1. The predicted octanol–water partition coefficient (Wildman–Crippen LogP) is 1.44. The Morgan fingerprint density at radius 3 is 2.71 bits per heavy atom. The van der Waals surface area contributed by atoms with Gasteiger partial charge >= 0.3 is 0 Å². The van der Waals surface area contributed by atoms with Gasteiger partial charge in [-0.05, 0) is 31.7 Å². The third-order valence-corrected chi connectivity index (χ3v) is 4.58. The molecule has 134 valence electrons. The summed E-state index contributed by atoms with van der Waals surface area (Å²) in [5.74, 6) is -0.229. The molecule has 1 aliphatic rings. The van der Waals surface area contributed by atoms with Gasteiger partial charge in [0.2, 0.25) is 5.91 Å². The largest absolute Gasteiger partial charge is 0.379 e. The molecule has 0 aliphatic carbocycles. The molecule has 5 nitrogen and oxygen atoms in total. The van der Waals surface area contributed by atoms with Crippen molar-refractivity contribution in [2.24, 2.45) is 0 Å². The van der Waals surface area contributed by atoms with Gasteiger partial charge in [-0.1, -0.05) is 12.1 Å². The van der Waals surface area contributed by atoms with Gasteiger partial charge in [-0.3, -0.25) is 14.6 Å². The van der Waals surface area contributed by atoms with Gasteiger partial charge in [0.05, 0.1) is 19.3 Å². The lowest BCUT2D eigenvalue weighted by Gasteiger charge is -2.32. The molecule has 0 saturated carbocycles. The van der Waals surface area contributed by atoms with Crippen LogP contribution in [0.15, 0.2) is 24.3 Å². The van der Waals surface area contributed by atoms with Crippen molar-refractivity contribution in [2.45, 2.75) is 19.5 Å². The minimum atomic E-state index is -0.274. The molecule has 0 radical (unpaired) electrons. The van der Waals surface area contributed by atoms with E-state index in [0.29, 0.717) is 6.54 Å². The van der Waals surface area contributed by atoms with E-state index >= 15 is 0 Å². The number of benzene rings is 1. The molecule has 0 N–H and O–H groups in total. The third kappa shape index (κ3) is 5.54. The van der Waals surface area contributed by atoms with Crippen LogP contribution in [-0.2, 0) is 16.1 Å². The lowest BCUT2D eigenvalue weighted by atomic mass is 10.2. The monoisotopic (exact) mass is 337 g/mol. The van der Waals surface area contributed by atoms with Crippen molar-refractivity contribution >= 4 is 5.91 Å². The molecular weight excluding hydrogens is 309 g/mol. The van der Waals surface area contributed by atoms with Crippen molar-refractivity contribution in [1.29, 1.82) is 0 Å². The summed E-state index contributed by atoms with van der Waals surface area (Å²) in [6.45, 7) is 7.59. The second-order valence-corrected chi connectivity index (χ2v) is 6.43. The number of ether oxygens (including phenoxy) is 1. The molecule has 1 saturated heterocycles. The fourth-order valence-electron chi connectivity index (χ4n) is 2.81. The Hall–Kier alpha value is -1.50. The van der Waals surface area contributed by atoms with Crippen LogP contribution in [0.5, 0.6) is 0 Å². The van der Waals surface area contributed by atoms with Crippen LogP contribution >= 0.6 is 0 Å². The Kier molecular flexibility index (Phi) is 7.15. The molecule has 0 unspecified atom stereocenters. The summed E-state index contributed by atoms with van der Waals surface area (Å²) < 4.78 is 18.6. The second-order valence-electron chi connectivity index (χ2n) is 6.43. The Balaban J connectivity index is 1.80. The summed E-state index contributed by atoms with van der Waals surface area (Å²) >= 11 is 0. The number of rotatable bonds is 7. The molecule has 2 rings (SSSR count). The Morgan fingerprint density at radius 2 is 2.04 bits per heavy atom. The highest BCUT2D eigenvalue weighted by Gasteiger charge is 2.22. The van der Waals surface area contributed by atoms with E-state index in [1.54, 1.807) is 18.0 Å². The van der Waals surface area contributed by atoms with Gasteiger partial charge in [0.25, 0.3) is 0 Å². The summed E-state index contributed by atoms with van der Waals surface area (Å²) in [5, 5.41) is 0. The molecule has 0 aromatic heterocycles. The average Bonchev–Trinajstić information content (AvgIpc) is 2.59. The number of carbonyl (C=O) groups excluding carboxylic acids is 1. The molecule has 0 bridgehead atoms. The molecule has 1 aliphatic heterocycles. The first kappa shape index (κ1) is 18.8. The molecule has 1 fully saturated rings. The van der Waals surface area contributed by atoms with E-state index < -0.39 is 0 Å². The van der Waals surface area contributed by atoms with Crippen LogP contribution in [0.1, 0.15) is 12.5 Å². The molecular formula is C18H28FN3O2. The lowest BCUT2D eigenvalue weighted by Crippen LogP contribution is -2.47. The highest BCUT2D eigenvalue weighted by Crippen LogP contribution is 2.09. The van der Waals surface area contributed by atoms with Crippen LogP contribution < -0.4 is 0 Å². The van der Waals surface area contributed by atoms with Crippen LogP contribution in [0, 0.1) is 5.82 Å². The zero-order valence-electron chi connectivity index (χ0n) is 14.9. The maximum atomic E-state index is 13.3. The first-order valence-corrected chi connectivity index (χ1v) is 8.47. The normalized spacial score (nSPS) is 17.0. The molecule has 1 amide bonds. The summed E-state index contributed by atoms with van der Waals surface area (Å²) in [7, 11) is 3.73. The van der Waals surface area contributed by atoms with Crippen molar-refractivity contribution < 1.29 is 13.9 Å². The lowest BCUT2D eigenvalue weighted by molar-refractivity contribution is -0.135. The maximum absolute atomic E-state index is 13.3. The van der Waals surface area contributed by atoms with Gasteiger partial charge in [0, 0.05) is 39.8 Å². The van der Waals surface area contributed by atoms with Crippen molar-refractivity contribution in [2.75, 3.05) is 53.5 Å². The number of hydrogen-bond acceptors (Lipinski definition) is 4. The van der Waals surface area contributed by atoms with Gasteiger partial charge < -0.3 is 9.64 Å². The smallest absolute Gasteiger partial charge is 0.239 e. The predicted molar refractivity (Wildman–Crippen MR) is 92.2 cm³/mol. The molecule has 1 aromatic rings. The Labute approximate surface area is 144 Å². The van der Waals surface area contributed by atoms with E-state index in [4.69, 9.17) is 4.74 Å². The van der Waals surface area contributed by atoms with Crippen LogP contribution in [-0.4, -0.2) is 80.1 Å². The number of likely N-dealkylation sites (N-methyl/N-ethyl adjacent to an activating group) is 2. The molecule has 6 heteroatoms. The minimum absolute atomic E-state index is 0.0451. The first-order valence-electron chi connectivity index (χ1n) is 8.47. The average molecular weight is 337 g/mol. The van der Waals surface area contributed by atoms with Gasteiger partial charge in [-0.25, -0.2) is 4.39 Å². The second kappa shape index (κ2) is 9.11. The number of carbonyl (C=O) groups is 1. The molecule has 1 atom stereocenters. The highest BCUT2D eigenvalue weighted by atomic mass is 19.1. The van der Waals surface area contributed by atoms with E-state index in [-0.39, 0.29) is 17.8 Å². The minimum Gasteiger partial charge on any atom is -0.379 e. The van der Waals surface area contributed by atoms with Gasteiger partial charge in [0.15, 0.2) is 0 Å². The van der Waals surface area contributed by atoms with E-state index in [9.17, 15) is 9.18 Å². The summed E-state index contributed by atoms with van der Waals surface area (Å²) in [5.41, 5.74) is 0.800.